The number of fused-ring (bicyclic) bond motifs is 1. The van der Waals surface area contributed by atoms with Crippen molar-refractivity contribution in [1.29, 1.82) is 0 Å². The number of aliphatic hydroxyl groups excluding tert-OH is 1. The molecule has 2 aliphatic rings. The van der Waals surface area contributed by atoms with Crippen molar-refractivity contribution < 1.29 is 9.90 Å². The van der Waals surface area contributed by atoms with Crippen molar-refractivity contribution in [3.8, 4) is 0 Å². The molecule has 0 saturated heterocycles. The minimum atomic E-state index is -0.221. The molecule has 2 aliphatic carbocycles. The van der Waals surface area contributed by atoms with Gasteiger partial charge in [-0.15, -0.1) is 0 Å². The van der Waals surface area contributed by atoms with Crippen LogP contribution in [0.1, 0.15) is 39.5 Å². The van der Waals surface area contributed by atoms with E-state index >= 15 is 0 Å². The van der Waals surface area contributed by atoms with Gasteiger partial charge < -0.3 is 5.11 Å². The number of aliphatic hydroxyl groups is 1. The van der Waals surface area contributed by atoms with E-state index in [-0.39, 0.29) is 17.3 Å². The number of carbonyl (C=O) groups is 1. The summed E-state index contributed by atoms with van der Waals surface area (Å²) in [5, 5.41) is 9.97. The lowest BCUT2D eigenvalue weighted by Gasteiger charge is -2.33. The summed E-state index contributed by atoms with van der Waals surface area (Å²) < 4.78 is 0. The summed E-state index contributed by atoms with van der Waals surface area (Å²) in [6.45, 7) is 4.16. The standard InChI is InChI=1S/C12H18O2/c1-8-7-9(13)5-6-12(2)10(8)3-4-11(12)14/h7,10-11,14H,3-6H2,1-2H3/t10-,11+,12+/m1/s1. The largest absolute Gasteiger partial charge is 0.393 e. The highest BCUT2D eigenvalue weighted by molar-refractivity contribution is 5.90. The van der Waals surface area contributed by atoms with E-state index in [4.69, 9.17) is 0 Å². The second-order valence-corrected chi connectivity index (χ2v) is 5.01. The predicted octanol–water partition coefficient (Wildman–Crippen LogP) is 2.07. The van der Waals surface area contributed by atoms with Crippen LogP contribution in [0.25, 0.3) is 0 Å². The van der Waals surface area contributed by atoms with E-state index in [0.29, 0.717) is 12.3 Å². The fourth-order valence-electron chi connectivity index (χ4n) is 3.12. The average molecular weight is 194 g/mol. The van der Waals surface area contributed by atoms with Gasteiger partial charge in [-0.2, -0.15) is 0 Å². The fourth-order valence-corrected chi connectivity index (χ4v) is 3.12. The fraction of sp³-hybridized carbons (Fsp3) is 0.750. The second kappa shape index (κ2) is 3.20. The van der Waals surface area contributed by atoms with Crippen molar-refractivity contribution in [3.05, 3.63) is 11.6 Å². The van der Waals surface area contributed by atoms with Gasteiger partial charge in [0, 0.05) is 11.8 Å². The predicted molar refractivity (Wildman–Crippen MR) is 54.8 cm³/mol. The molecule has 0 amide bonds. The molecule has 0 unspecified atom stereocenters. The van der Waals surface area contributed by atoms with E-state index in [1.165, 1.54) is 5.57 Å². The van der Waals surface area contributed by atoms with Crippen molar-refractivity contribution in [3.63, 3.8) is 0 Å². The first kappa shape index (κ1) is 9.91. The van der Waals surface area contributed by atoms with Gasteiger partial charge in [-0.3, -0.25) is 4.79 Å². The normalized spacial score (nSPS) is 43.1. The first-order valence-electron chi connectivity index (χ1n) is 5.43. The summed E-state index contributed by atoms with van der Waals surface area (Å²) in [4.78, 5) is 11.4. The molecule has 3 atom stereocenters. The zero-order valence-electron chi connectivity index (χ0n) is 8.92. The number of carbonyl (C=O) groups excluding carboxylic acids is 1. The third-order valence-corrected chi connectivity index (χ3v) is 4.13. The Morgan fingerprint density at radius 3 is 2.93 bits per heavy atom. The van der Waals surface area contributed by atoms with Crippen LogP contribution in [-0.4, -0.2) is 17.0 Å². The topological polar surface area (TPSA) is 37.3 Å². The molecule has 0 aromatic rings. The maximum Gasteiger partial charge on any atom is 0.155 e. The van der Waals surface area contributed by atoms with Gasteiger partial charge in [-0.05, 0) is 38.2 Å². The molecule has 0 radical (unpaired) electrons. The molecule has 0 bridgehead atoms. The van der Waals surface area contributed by atoms with Crippen molar-refractivity contribution >= 4 is 5.78 Å². The van der Waals surface area contributed by atoms with Gasteiger partial charge in [-0.25, -0.2) is 0 Å². The van der Waals surface area contributed by atoms with Crippen LogP contribution in [-0.2, 0) is 4.79 Å². The van der Waals surface area contributed by atoms with Crippen molar-refractivity contribution in [2.24, 2.45) is 11.3 Å². The first-order valence-corrected chi connectivity index (χ1v) is 5.43. The molecule has 14 heavy (non-hydrogen) atoms. The number of allylic oxidation sites excluding steroid dienone is 2. The molecular weight excluding hydrogens is 176 g/mol. The lowest BCUT2D eigenvalue weighted by Crippen LogP contribution is -2.32. The zero-order valence-corrected chi connectivity index (χ0v) is 8.92. The average Bonchev–Trinajstić information content (AvgIpc) is 2.35. The van der Waals surface area contributed by atoms with Gasteiger partial charge in [0.2, 0.25) is 0 Å². The third-order valence-electron chi connectivity index (χ3n) is 4.13. The van der Waals surface area contributed by atoms with Gasteiger partial charge in [0.15, 0.2) is 5.78 Å². The molecule has 2 nitrogen and oxygen atoms in total. The smallest absolute Gasteiger partial charge is 0.155 e. The molecule has 1 saturated carbocycles. The Hall–Kier alpha value is -0.630. The highest BCUT2D eigenvalue weighted by Gasteiger charge is 2.47. The monoisotopic (exact) mass is 194 g/mol. The minimum Gasteiger partial charge on any atom is -0.393 e. The Morgan fingerprint density at radius 1 is 1.50 bits per heavy atom. The molecule has 0 spiro atoms. The lowest BCUT2D eigenvalue weighted by molar-refractivity contribution is -0.115. The van der Waals surface area contributed by atoms with Crippen LogP contribution in [0.2, 0.25) is 0 Å². The lowest BCUT2D eigenvalue weighted by atomic mass is 9.73. The molecule has 0 aromatic carbocycles. The number of hydrogen-bond acceptors (Lipinski definition) is 2. The number of hydrogen-bond donors (Lipinski definition) is 1. The van der Waals surface area contributed by atoms with Crippen LogP contribution >= 0.6 is 0 Å². The van der Waals surface area contributed by atoms with Gasteiger partial charge >= 0.3 is 0 Å². The highest BCUT2D eigenvalue weighted by Crippen LogP contribution is 2.50. The van der Waals surface area contributed by atoms with Crippen molar-refractivity contribution in [2.45, 2.75) is 45.6 Å². The summed E-state index contributed by atoms with van der Waals surface area (Å²) in [7, 11) is 0. The van der Waals surface area contributed by atoms with E-state index in [2.05, 4.69) is 6.92 Å². The molecule has 2 rings (SSSR count). The minimum absolute atomic E-state index is 0.0489. The summed E-state index contributed by atoms with van der Waals surface area (Å²) >= 11 is 0. The Morgan fingerprint density at radius 2 is 2.21 bits per heavy atom. The first-order chi connectivity index (χ1) is 6.54. The van der Waals surface area contributed by atoms with Gasteiger partial charge in [-0.1, -0.05) is 12.5 Å². The van der Waals surface area contributed by atoms with E-state index in [9.17, 15) is 9.90 Å². The van der Waals surface area contributed by atoms with Crippen molar-refractivity contribution in [2.75, 3.05) is 0 Å². The van der Waals surface area contributed by atoms with E-state index in [1.54, 1.807) is 6.08 Å². The van der Waals surface area contributed by atoms with Crippen LogP contribution in [0, 0.1) is 11.3 Å². The molecule has 1 N–H and O–H groups in total. The Kier molecular flexibility index (Phi) is 2.26. The molecule has 0 heterocycles. The van der Waals surface area contributed by atoms with Gasteiger partial charge in [0.1, 0.15) is 0 Å². The summed E-state index contributed by atoms with van der Waals surface area (Å²) in [6.07, 6.45) is 4.93. The maximum absolute atomic E-state index is 11.4. The van der Waals surface area contributed by atoms with Crippen LogP contribution in [0.15, 0.2) is 11.6 Å². The molecule has 2 heteroatoms. The second-order valence-electron chi connectivity index (χ2n) is 5.01. The van der Waals surface area contributed by atoms with Crippen LogP contribution in [0.4, 0.5) is 0 Å². The molecule has 78 valence electrons. The summed E-state index contributed by atoms with van der Waals surface area (Å²) in [6, 6.07) is 0. The zero-order chi connectivity index (χ0) is 10.3. The molecule has 0 aliphatic heterocycles. The Balaban J connectivity index is 2.35. The highest BCUT2D eigenvalue weighted by atomic mass is 16.3. The molecule has 1 fully saturated rings. The number of ketones is 1. The van der Waals surface area contributed by atoms with Crippen LogP contribution in [0.3, 0.4) is 0 Å². The quantitative estimate of drug-likeness (QED) is 0.641. The van der Waals surface area contributed by atoms with Crippen molar-refractivity contribution in [1.82, 2.24) is 0 Å². The van der Waals surface area contributed by atoms with E-state index in [0.717, 1.165) is 19.3 Å². The number of rotatable bonds is 0. The van der Waals surface area contributed by atoms with E-state index in [1.807, 2.05) is 6.92 Å². The van der Waals surface area contributed by atoms with Crippen LogP contribution in [0.5, 0.6) is 0 Å². The Bertz CT molecular complexity index is 293. The van der Waals surface area contributed by atoms with E-state index < -0.39 is 0 Å². The Labute approximate surface area is 85.0 Å². The third kappa shape index (κ3) is 1.33. The summed E-state index contributed by atoms with van der Waals surface area (Å²) in [5.74, 6) is 0.647. The summed E-state index contributed by atoms with van der Waals surface area (Å²) in [5.41, 5.74) is 1.12. The molecule has 0 aromatic heterocycles. The van der Waals surface area contributed by atoms with Gasteiger partial charge in [0.25, 0.3) is 0 Å². The SMILES string of the molecule is CC1=CC(=O)CC[C@@]2(C)[C@@H]1CC[C@@H]2O. The van der Waals surface area contributed by atoms with Gasteiger partial charge in [0.05, 0.1) is 6.10 Å². The maximum atomic E-state index is 11.4. The van der Waals surface area contributed by atoms with Crippen LogP contribution < -0.4 is 0 Å². The molecular formula is C12H18O2.